The smallest absolute Gasteiger partial charge is 0.269 e. The molecule has 2 aromatic rings. The van der Waals surface area contributed by atoms with E-state index < -0.39 is 6.10 Å². The summed E-state index contributed by atoms with van der Waals surface area (Å²) >= 11 is 6.21. The fourth-order valence-corrected chi connectivity index (χ4v) is 2.86. The molecule has 1 aromatic heterocycles. The van der Waals surface area contributed by atoms with Crippen LogP contribution in [0.3, 0.4) is 0 Å². The van der Waals surface area contributed by atoms with Crippen LogP contribution in [0.15, 0.2) is 53.2 Å². The van der Waals surface area contributed by atoms with Crippen LogP contribution in [0.5, 0.6) is 0 Å². The Morgan fingerprint density at radius 3 is 2.86 bits per heavy atom. The Bertz CT molecular complexity index is 938. The van der Waals surface area contributed by atoms with Crippen LogP contribution < -0.4 is 16.1 Å². The van der Waals surface area contributed by atoms with Crippen molar-refractivity contribution < 1.29 is 18.9 Å². The fraction of sp³-hybridized carbons (Fsp3) is 0.211. The number of hydroxylamine groups is 1. The van der Waals surface area contributed by atoms with E-state index in [0.29, 0.717) is 34.1 Å². The number of hydrogen-bond donors (Lipinski definition) is 3. The Kier molecular flexibility index (Phi) is 6.13. The van der Waals surface area contributed by atoms with Crippen molar-refractivity contribution in [1.82, 2.24) is 21.3 Å². The van der Waals surface area contributed by atoms with E-state index in [9.17, 15) is 9.59 Å². The summed E-state index contributed by atoms with van der Waals surface area (Å²) in [6.07, 6.45) is 2.66. The van der Waals surface area contributed by atoms with Gasteiger partial charge in [-0.2, -0.15) is 0 Å². The number of carbonyl (C=O) groups is 2. The maximum Gasteiger partial charge on any atom is 0.269 e. The van der Waals surface area contributed by atoms with Gasteiger partial charge >= 0.3 is 0 Å². The van der Waals surface area contributed by atoms with E-state index in [0.717, 1.165) is 0 Å². The number of rotatable bonds is 7. The third-order valence-corrected chi connectivity index (χ3v) is 4.34. The second-order valence-electron chi connectivity index (χ2n) is 5.99. The van der Waals surface area contributed by atoms with Gasteiger partial charge in [0.2, 0.25) is 0 Å². The zero-order valence-electron chi connectivity index (χ0n) is 15.1. The van der Waals surface area contributed by atoms with Crippen LogP contribution in [0, 0.1) is 6.92 Å². The molecule has 1 unspecified atom stereocenters. The minimum Gasteiger partial charge on any atom is -0.360 e. The summed E-state index contributed by atoms with van der Waals surface area (Å²) in [5, 5.41) is 9.83. The van der Waals surface area contributed by atoms with Crippen LogP contribution in [0.2, 0.25) is 5.02 Å². The van der Waals surface area contributed by atoms with Gasteiger partial charge in [-0.1, -0.05) is 41.0 Å². The average molecular weight is 403 g/mol. The molecule has 2 amide bonds. The van der Waals surface area contributed by atoms with Gasteiger partial charge in [0.05, 0.1) is 11.6 Å². The molecule has 3 N–H and O–H groups in total. The quantitative estimate of drug-likeness (QED) is 0.613. The highest BCUT2D eigenvalue weighted by molar-refractivity contribution is 6.33. The summed E-state index contributed by atoms with van der Waals surface area (Å²) in [7, 11) is 0. The lowest BCUT2D eigenvalue weighted by atomic mass is 10.1. The minimum atomic E-state index is -0.502. The Morgan fingerprint density at radius 2 is 2.11 bits per heavy atom. The summed E-state index contributed by atoms with van der Waals surface area (Å²) in [4.78, 5) is 29.9. The molecule has 0 saturated heterocycles. The van der Waals surface area contributed by atoms with Crippen molar-refractivity contribution in [2.45, 2.75) is 13.0 Å². The zero-order valence-corrected chi connectivity index (χ0v) is 15.9. The molecular weight excluding hydrogens is 384 g/mol. The van der Waals surface area contributed by atoms with E-state index in [1.807, 2.05) is 0 Å². The molecule has 1 aromatic carbocycles. The Hall–Kier alpha value is -3.10. The van der Waals surface area contributed by atoms with Crippen LogP contribution in [-0.2, 0) is 9.63 Å². The largest absolute Gasteiger partial charge is 0.360 e. The molecule has 8 nitrogen and oxygen atoms in total. The fourth-order valence-electron chi connectivity index (χ4n) is 2.63. The summed E-state index contributed by atoms with van der Waals surface area (Å²) in [6, 6.07) is 7.06. The number of carbonyl (C=O) groups excluding carboxylic acids is 2. The minimum absolute atomic E-state index is 0.149. The average Bonchev–Trinajstić information content (AvgIpc) is 3.31. The topological polar surface area (TPSA) is 105 Å². The number of amides is 2. The molecule has 0 bridgehead atoms. The number of benzene rings is 1. The first-order valence-electron chi connectivity index (χ1n) is 8.53. The molecule has 0 radical (unpaired) electrons. The SMILES string of the molecule is C=CCNC(=O)C1=CC(CNC(=O)c2c(-c3ccccc3Cl)noc2C)ON1. The van der Waals surface area contributed by atoms with Gasteiger partial charge in [-0.3, -0.25) is 19.9 Å². The maximum atomic E-state index is 12.7. The van der Waals surface area contributed by atoms with Gasteiger partial charge in [-0.25, -0.2) is 0 Å². The van der Waals surface area contributed by atoms with E-state index in [-0.39, 0.29) is 24.1 Å². The first kappa shape index (κ1) is 19.7. The molecule has 146 valence electrons. The molecule has 1 atom stereocenters. The van der Waals surface area contributed by atoms with E-state index in [1.165, 1.54) is 0 Å². The first-order chi connectivity index (χ1) is 13.5. The van der Waals surface area contributed by atoms with Crippen molar-refractivity contribution in [3.05, 3.63) is 65.0 Å². The molecule has 3 rings (SSSR count). The number of halogens is 1. The third-order valence-electron chi connectivity index (χ3n) is 4.01. The lowest BCUT2D eigenvalue weighted by Gasteiger charge is -2.10. The van der Waals surface area contributed by atoms with Gasteiger partial charge < -0.3 is 15.2 Å². The molecule has 1 aliphatic heterocycles. The molecule has 2 heterocycles. The highest BCUT2D eigenvalue weighted by Gasteiger charge is 2.25. The predicted octanol–water partition coefficient (Wildman–Crippen LogP) is 2.12. The molecule has 0 aliphatic carbocycles. The highest BCUT2D eigenvalue weighted by atomic mass is 35.5. The standard InChI is InChI=1S/C19H19ClN4O4/c1-3-8-21-18(25)15-9-12(28-23-15)10-22-19(26)16-11(2)27-24-17(16)13-6-4-5-7-14(13)20/h3-7,9,12,23H,1,8,10H2,2H3,(H,21,25)(H,22,26). The van der Waals surface area contributed by atoms with Gasteiger partial charge in [0.25, 0.3) is 11.8 Å². The third kappa shape index (κ3) is 4.24. The van der Waals surface area contributed by atoms with Crippen LogP contribution >= 0.6 is 11.6 Å². The van der Waals surface area contributed by atoms with Crippen molar-refractivity contribution in [2.24, 2.45) is 0 Å². The predicted molar refractivity (Wildman–Crippen MR) is 103 cm³/mol. The van der Waals surface area contributed by atoms with E-state index in [2.05, 4.69) is 27.8 Å². The van der Waals surface area contributed by atoms with E-state index >= 15 is 0 Å². The van der Waals surface area contributed by atoms with Crippen molar-refractivity contribution >= 4 is 23.4 Å². The Balaban J connectivity index is 1.68. The van der Waals surface area contributed by atoms with Crippen molar-refractivity contribution in [1.29, 1.82) is 0 Å². The summed E-state index contributed by atoms with van der Waals surface area (Å²) < 4.78 is 5.20. The van der Waals surface area contributed by atoms with Gasteiger partial charge in [0.1, 0.15) is 28.8 Å². The summed E-state index contributed by atoms with van der Waals surface area (Å²) in [6.45, 7) is 5.68. The number of hydrogen-bond acceptors (Lipinski definition) is 6. The van der Waals surface area contributed by atoms with Gasteiger partial charge in [-0.15, -0.1) is 6.58 Å². The summed E-state index contributed by atoms with van der Waals surface area (Å²) in [5.41, 5.74) is 4.09. The Labute approximate surface area is 166 Å². The number of nitrogens with one attached hydrogen (secondary N) is 3. The Morgan fingerprint density at radius 1 is 1.32 bits per heavy atom. The van der Waals surface area contributed by atoms with Crippen molar-refractivity contribution in [3.63, 3.8) is 0 Å². The van der Waals surface area contributed by atoms with Crippen LogP contribution in [-0.4, -0.2) is 36.2 Å². The molecule has 28 heavy (non-hydrogen) atoms. The van der Waals surface area contributed by atoms with Crippen LogP contribution in [0.4, 0.5) is 0 Å². The van der Waals surface area contributed by atoms with Gasteiger partial charge in [0.15, 0.2) is 0 Å². The molecule has 0 spiro atoms. The molecular formula is C19H19ClN4O4. The van der Waals surface area contributed by atoms with E-state index in [1.54, 1.807) is 43.3 Å². The highest BCUT2D eigenvalue weighted by Crippen LogP contribution is 2.30. The molecule has 1 aliphatic rings. The second-order valence-corrected chi connectivity index (χ2v) is 6.40. The monoisotopic (exact) mass is 402 g/mol. The molecule has 0 saturated carbocycles. The van der Waals surface area contributed by atoms with E-state index in [4.69, 9.17) is 21.0 Å². The number of nitrogens with zero attached hydrogens (tertiary/aromatic N) is 1. The number of aryl methyl sites for hydroxylation is 1. The van der Waals surface area contributed by atoms with Gasteiger partial charge in [0, 0.05) is 12.1 Å². The number of aromatic nitrogens is 1. The van der Waals surface area contributed by atoms with Gasteiger partial charge in [-0.05, 0) is 19.1 Å². The lowest BCUT2D eigenvalue weighted by Crippen LogP contribution is -2.33. The molecule has 9 heteroatoms. The molecule has 0 fully saturated rings. The maximum absolute atomic E-state index is 12.7. The van der Waals surface area contributed by atoms with Crippen molar-refractivity contribution in [3.8, 4) is 11.3 Å². The van der Waals surface area contributed by atoms with Crippen molar-refractivity contribution in [2.75, 3.05) is 13.1 Å². The normalized spacial score (nSPS) is 15.5. The second kappa shape index (κ2) is 8.73. The first-order valence-corrected chi connectivity index (χ1v) is 8.91. The van der Waals surface area contributed by atoms with Crippen LogP contribution in [0.1, 0.15) is 16.1 Å². The lowest BCUT2D eigenvalue weighted by molar-refractivity contribution is -0.118. The summed E-state index contributed by atoms with van der Waals surface area (Å²) in [5.74, 6) is -0.322. The van der Waals surface area contributed by atoms with Crippen LogP contribution in [0.25, 0.3) is 11.3 Å². The zero-order chi connectivity index (χ0) is 20.1.